The molecule has 0 saturated carbocycles. The van der Waals surface area contributed by atoms with Gasteiger partial charge in [0, 0.05) is 13.8 Å². The van der Waals surface area contributed by atoms with Crippen LogP contribution in [0.1, 0.15) is 33.1 Å². The third-order valence-corrected chi connectivity index (χ3v) is 2.22. The molecule has 0 spiro atoms. The predicted molar refractivity (Wildman–Crippen MR) is 53.8 cm³/mol. The van der Waals surface area contributed by atoms with E-state index in [4.69, 9.17) is 9.47 Å². The molecule has 2 atom stereocenters. The SMILES string of the molecule is CC(=O)OC(C)OC(=O)C1CC=CCC1. The van der Waals surface area contributed by atoms with E-state index in [-0.39, 0.29) is 11.9 Å². The Labute approximate surface area is 89.2 Å². The van der Waals surface area contributed by atoms with Crippen molar-refractivity contribution in [2.75, 3.05) is 0 Å². The van der Waals surface area contributed by atoms with Gasteiger partial charge in [0.2, 0.25) is 6.29 Å². The van der Waals surface area contributed by atoms with E-state index in [2.05, 4.69) is 6.08 Å². The molecule has 0 N–H and O–H groups in total. The van der Waals surface area contributed by atoms with Crippen molar-refractivity contribution in [3.63, 3.8) is 0 Å². The quantitative estimate of drug-likeness (QED) is 0.406. The van der Waals surface area contributed by atoms with Crippen LogP contribution >= 0.6 is 0 Å². The second kappa shape index (κ2) is 5.53. The summed E-state index contributed by atoms with van der Waals surface area (Å²) >= 11 is 0. The van der Waals surface area contributed by atoms with Crippen LogP contribution in [0.5, 0.6) is 0 Å². The summed E-state index contributed by atoms with van der Waals surface area (Å²) in [5, 5.41) is 0. The number of carbonyl (C=O) groups is 2. The van der Waals surface area contributed by atoms with Gasteiger partial charge in [-0.2, -0.15) is 0 Å². The highest BCUT2D eigenvalue weighted by Crippen LogP contribution is 2.20. The Kier molecular flexibility index (Phi) is 4.34. The van der Waals surface area contributed by atoms with Crippen molar-refractivity contribution in [3.05, 3.63) is 12.2 Å². The molecule has 0 radical (unpaired) electrons. The van der Waals surface area contributed by atoms with Gasteiger partial charge >= 0.3 is 11.9 Å². The van der Waals surface area contributed by atoms with Crippen LogP contribution in [-0.4, -0.2) is 18.2 Å². The van der Waals surface area contributed by atoms with Crippen LogP contribution in [0.2, 0.25) is 0 Å². The first-order chi connectivity index (χ1) is 7.09. The molecule has 0 amide bonds. The summed E-state index contributed by atoms with van der Waals surface area (Å²) in [6.45, 7) is 2.83. The first-order valence-corrected chi connectivity index (χ1v) is 5.12. The van der Waals surface area contributed by atoms with Crippen molar-refractivity contribution in [1.82, 2.24) is 0 Å². The van der Waals surface area contributed by atoms with E-state index in [1.807, 2.05) is 6.08 Å². The molecule has 0 aromatic heterocycles. The standard InChI is InChI=1S/C11H16O4/c1-8(12)14-9(2)15-11(13)10-6-4-3-5-7-10/h3-4,9-10H,5-7H2,1-2H3. The van der Waals surface area contributed by atoms with Gasteiger partial charge in [0.15, 0.2) is 0 Å². The van der Waals surface area contributed by atoms with E-state index >= 15 is 0 Å². The third kappa shape index (κ3) is 4.14. The van der Waals surface area contributed by atoms with Crippen LogP contribution < -0.4 is 0 Å². The maximum Gasteiger partial charge on any atom is 0.312 e. The van der Waals surface area contributed by atoms with Gasteiger partial charge in [0.1, 0.15) is 0 Å². The fourth-order valence-electron chi connectivity index (χ4n) is 1.53. The minimum absolute atomic E-state index is 0.0898. The molecule has 0 saturated heterocycles. The van der Waals surface area contributed by atoms with Crippen LogP contribution in [0.4, 0.5) is 0 Å². The molecule has 0 aliphatic heterocycles. The second-order valence-corrected chi connectivity index (χ2v) is 3.60. The molecule has 1 rings (SSSR count). The number of hydrogen-bond donors (Lipinski definition) is 0. The molecule has 1 aliphatic rings. The smallest absolute Gasteiger partial charge is 0.312 e. The molecule has 4 nitrogen and oxygen atoms in total. The number of allylic oxidation sites excluding steroid dienone is 2. The normalized spacial score (nSPS) is 21.9. The molecule has 4 heteroatoms. The average Bonchev–Trinajstić information content (AvgIpc) is 2.17. The fourth-order valence-corrected chi connectivity index (χ4v) is 1.53. The van der Waals surface area contributed by atoms with E-state index < -0.39 is 12.3 Å². The van der Waals surface area contributed by atoms with Crippen molar-refractivity contribution in [3.8, 4) is 0 Å². The molecular formula is C11H16O4. The van der Waals surface area contributed by atoms with E-state index in [9.17, 15) is 9.59 Å². The van der Waals surface area contributed by atoms with E-state index in [0.29, 0.717) is 6.42 Å². The minimum Gasteiger partial charge on any atom is -0.426 e. The Bertz CT molecular complexity index is 270. The summed E-state index contributed by atoms with van der Waals surface area (Å²) in [5.41, 5.74) is 0. The van der Waals surface area contributed by atoms with Gasteiger partial charge in [-0.05, 0) is 19.3 Å². The lowest BCUT2D eigenvalue weighted by atomic mass is 9.95. The minimum atomic E-state index is -0.791. The second-order valence-electron chi connectivity index (χ2n) is 3.60. The number of rotatable bonds is 3. The summed E-state index contributed by atoms with van der Waals surface area (Å²) in [7, 11) is 0. The maximum absolute atomic E-state index is 11.5. The number of carbonyl (C=O) groups excluding carboxylic acids is 2. The Morgan fingerprint density at radius 1 is 1.33 bits per heavy atom. The summed E-state index contributed by atoms with van der Waals surface area (Å²) < 4.78 is 9.70. The Balaban J connectivity index is 2.34. The van der Waals surface area contributed by atoms with Crippen molar-refractivity contribution >= 4 is 11.9 Å². The van der Waals surface area contributed by atoms with Crippen LogP contribution in [-0.2, 0) is 19.1 Å². The molecule has 0 heterocycles. The number of hydrogen-bond acceptors (Lipinski definition) is 4. The topological polar surface area (TPSA) is 52.6 Å². The van der Waals surface area contributed by atoms with Gasteiger partial charge in [-0.3, -0.25) is 9.59 Å². The number of esters is 2. The number of ether oxygens (including phenoxy) is 2. The molecule has 0 aromatic rings. The highest BCUT2D eigenvalue weighted by atomic mass is 16.7. The first kappa shape index (κ1) is 11.8. The van der Waals surface area contributed by atoms with Crippen LogP contribution in [0.15, 0.2) is 12.2 Å². The van der Waals surface area contributed by atoms with Gasteiger partial charge in [0.25, 0.3) is 0 Å². The maximum atomic E-state index is 11.5. The van der Waals surface area contributed by atoms with Crippen molar-refractivity contribution in [2.24, 2.45) is 5.92 Å². The Hall–Kier alpha value is -1.32. The monoisotopic (exact) mass is 212 g/mol. The van der Waals surface area contributed by atoms with Crippen LogP contribution in [0.25, 0.3) is 0 Å². The lowest BCUT2D eigenvalue weighted by Gasteiger charge is -2.19. The van der Waals surface area contributed by atoms with E-state index in [0.717, 1.165) is 12.8 Å². The fraction of sp³-hybridized carbons (Fsp3) is 0.636. The molecule has 15 heavy (non-hydrogen) atoms. The van der Waals surface area contributed by atoms with Gasteiger partial charge in [-0.1, -0.05) is 12.2 Å². The van der Waals surface area contributed by atoms with Crippen LogP contribution in [0.3, 0.4) is 0 Å². The predicted octanol–water partition coefficient (Wildman–Crippen LogP) is 1.79. The third-order valence-electron chi connectivity index (χ3n) is 2.22. The molecule has 0 bridgehead atoms. The zero-order chi connectivity index (χ0) is 11.3. The summed E-state index contributed by atoms with van der Waals surface area (Å²) in [6.07, 6.45) is 5.67. The van der Waals surface area contributed by atoms with E-state index in [1.54, 1.807) is 0 Å². The average molecular weight is 212 g/mol. The molecule has 2 unspecified atom stereocenters. The molecule has 84 valence electrons. The van der Waals surface area contributed by atoms with Crippen molar-refractivity contribution in [1.29, 1.82) is 0 Å². The highest BCUT2D eigenvalue weighted by molar-refractivity contribution is 5.73. The van der Waals surface area contributed by atoms with Crippen LogP contribution in [0, 0.1) is 5.92 Å². The van der Waals surface area contributed by atoms with Gasteiger partial charge in [-0.15, -0.1) is 0 Å². The summed E-state index contributed by atoms with van der Waals surface area (Å²) in [4.78, 5) is 22.1. The zero-order valence-corrected chi connectivity index (χ0v) is 9.06. The first-order valence-electron chi connectivity index (χ1n) is 5.12. The lowest BCUT2D eigenvalue weighted by Crippen LogP contribution is -2.26. The van der Waals surface area contributed by atoms with Gasteiger partial charge in [0.05, 0.1) is 5.92 Å². The molecular weight excluding hydrogens is 196 g/mol. The van der Waals surface area contributed by atoms with Gasteiger partial charge in [-0.25, -0.2) is 0 Å². The molecule has 0 fully saturated rings. The molecule has 1 aliphatic carbocycles. The summed E-state index contributed by atoms with van der Waals surface area (Å²) in [5.74, 6) is -0.819. The summed E-state index contributed by atoms with van der Waals surface area (Å²) in [6, 6.07) is 0. The van der Waals surface area contributed by atoms with Crippen molar-refractivity contribution in [2.45, 2.75) is 39.4 Å². The lowest BCUT2D eigenvalue weighted by molar-refractivity contribution is -0.186. The van der Waals surface area contributed by atoms with Gasteiger partial charge < -0.3 is 9.47 Å². The highest BCUT2D eigenvalue weighted by Gasteiger charge is 2.22. The Morgan fingerprint density at radius 2 is 2.07 bits per heavy atom. The van der Waals surface area contributed by atoms with Crippen molar-refractivity contribution < 1.29 is 19.1 Å². The van der Waals surface area contributed by atoms with E-state index in [1.165, 1.54) is 13.8 Å². The molecule has 0 aromatic carbocycles. The largest absolute Gasteiger partial charge is 0.426 e. The zero-order valence-electron chi connectivity index (χ0n) is 9.06. The Morgan fingerprint density at radius 3 is 2.60 bits per heavy atom.